The number of rotatable bonds is 3. The second kappa shape index (κ2) is 6.50. The lowest BCUT2D eigenvalue weighted by atomic mass is 10.1. The van der Waals surface area contributed by atoms with Gasteiger partial charge < -0.3 is 24.7 Å². The Morgan fingerprint density at radius 3 is 2.50 bits per heavy atom. The molecule has 7 heteroatoms. The van der Waals surface area contributed by atoms with Crippen LogP contribution in [-0.4, -0.2) is 66.5 Å². The van der Waals surface area contributed by atoms with E-state index in [2.05, 4.69) is 0 Å². The van der Waals surface area contributed by atoms with Crippen molar-refractivity contribution in [1.82, 2.24) is 9.80 Å². The van der Waals surface area contributed by atoms with Crippen LogP contribution in [0.1, 0.15) is 23.4 Å². The molecule has 2 atom stereocenters. The summed E-state index contributed by atoms with van der Waals surface area (Å²) in [4.78, 5) is 28.1. The molecule has 22 heavy (non-hydrogen) atoms. The van der Waals surface area contributed by atoms with Gasteiger partial charge in [-0.05, 0) is 25.0 Å². The van der Waals surface area contributed by atoms with Gasteiger partial charge in [0.25, 0.3) is 11.8 Å². The summed E-state index contributed by atoms with van der Waals surface area (Å²) in [6.07, 6.45) is 2.67. The third-order valence-corrected chi connectivity index (χ3v) is 4.26. The molecule has 0 unspecified atom stereocenters. The van der Waals surface area contributed by atoms with Crippen molar-refractivity contribution in [3.05, 3.63) is 24.2 Å². The molecule has 2 aliphatic rings. The molecule has 2 saturated heterocycles. The highest BCUT2D eigenvalue weighted by Gasteiger charge is 2.34. The molecule has 3 rings (SSSR count). The summed E-state index contributed by atoms with van der Waals surface area (Å²) in [6, 6.07) is 3.34. The van der Waals surface area contributed by atoms with Gasteiger partial charge in [-0.15, -0.1) is 0 Å². The van der Waals surface area contributed by atoms with Crippen molar-refractivity contribution >= 4 is 11.8 Å². The Balaban J connectivity index is 1.51. The lowest BCUT2D eigenvalue weighted by Gasteiger charge is -2.35. The minimum Gasteiger partial charge on any atom is -0.459 e. The van der Waals surface area contributed by atoms with Gasteiger partial charge in [0.05, 0.1) is 12.4 Å². The van der Waals surface area contributed by atoms with Crippen molar-refractivity contribution in [3.63, 3.8) is 0 Å². The average molecular weight is 307 g/mol. The monoisotopic (exact) mass is 307 g/mol. The Morgan fingerprint density at radius 1 is 1.18 bits per heavy atom. The first kappa shape index (κ1) is 15.1. The van der Waals surface area contributed by atoms with Crippen LogP contribution in [0.2, 0.25) is 0 Å². The smallest absolute Gasteiger partial charge is 0.289 e. The van der Waals surface area contributed by atoms with Crippen molar-refractivity contribution in [3.8, 4) is 0 Å². The summed E-state index contributed by atoms with van der Waals surface area (Å²) in [7, 11) is 0. The first-order valence-electron chi connectivity index (χ1n) is 7.66. The fourth-order valence-corrected chi connectivity index (χ4v) is 2.95. The molecule has 3 heterocycles. The molecule has 2 N–H and O–H groups in total. The van der Waals surface area contributed by atoms with E-state index in [1.54, 1.807) is 21.9 Å². The van der Waals surface area contributed by atoms with Crippen molar-refractivity contribution in [1.29, 1.82) is 0 Å². The number of hydrogen-bond acceptors (Lipinski definition) is 5. The van der Waals surface area contributed by atoms with E-state index in [1.165, 1.54) is 6.26 Å². The maximum atomic E-state index is 12.4. The van der Waals surface area contributed by atoms with Crippen LogP contribution in [0.25, 0.3) is 0 Å². The van der Waals surface area contributed by atoms with E-state index >= 15 is 0 Å². The fourth-order valence-electron chi connectivity index (χ4n) is 2.95. The summed E-state index contributed by atoms with van der Waals surface area (Å²) in [6.45, 7) is 2.53. The Hall–Kier alpha value is -1.86. The number of piperazine rings is 1. The van der Waals surface area contributed by atoms with Gasteiger partial charge in [0.1, 0.15) is 6.10 Å². The number of nitrogens with zero attached hydrogens (tertiary/aromatic N) is 2. The Morgan fingerprint density at radius 2 is 1.91 bits per heavy atom. The molecule has 1 aromatic heterocycles. The standard InChI is InChI=1S/C15H21N3O4/c16-10-11-3-4-13(22-11)15(20)18-7-5-17(6-8-18)14(19)12-2-1-9-21-12/h1-2,9,11,13H,3-8,10,16H2/t11-,13+/m1/s1. The maximum Gasteiger partial charge on any atom is 0.289 e. The molecule has 0 saturated carbocycles. The molecule has 2 aliphatic heterocycles. The summed E-state index contributed by atoms with van der Waals surface area (Å²) < 4.78 is 10.8. The van der Waals surface area contributed by atoms with Gasteiger partial charge in [0, 0.05) is 32.7 Å². The second-order valence-corrected chi connectivity index (χ2v) is 5.65. The number of carbonyl (C=O) groups is 2. The van der Waals surface area contributed by atoms with Gasteiger partial charge in [0.2, 0.25) is 0 Å². The van der Waals surface area contributed by atoms with Gasteiger partial charge >= 0.3 is 0 Å². The molecular weight excluding hydrogens is 286 g/mol. The predicted octanol–water partition coefficient (Wildman–Crippen LogP) is 0.0703. The molecule has 7 nitrogen and oxygen atoms in total. The SMILES string of the molecule is NC[C@H]1CC[C@@H](C(=O)N2CCN(C(=O)c3ccco3)CC2)O1. The van der Waals surface area contributed by atoms with Crippen LogP contribution >= 0.6 is 0 Å². The van der Waals surface area contributed by atoms with E-state index in [4.69, 9.17) is 14.9 Å². The van der Waals surface area contributed by atoms with Gasteiger partial charge in [-0.1, -0.05) is 0 Å². The Labute approximate surface area is 129 Å². The molecule has 2 fully saturated rings. The largest absolute Gasteiger partial charge is 0.459 e. The van der Waals surface area contributed by atoms with E-state index in [0.29, 0.717) is 38.5 Å². The quantitative estimate of drug-likeness (QED) is 0.853. The third kappa shape index (κ3) is 3.00. The highest BCUT2D eigenvalue weighted by molar-refractivity contribution is 5.91. The molecule has 0 radical (unpaired) electrons. The highest BCUT2D eigenvalue weighted by Crippen LogP contribution is 2.21. The molecule has 1 aromatic rings. The van der Waals surface area contributed by atoms with E-state index < -0.39 is 0 Å². The number of carbonyl (C=O) groups excluding carboxylic acids is 2. The number of nitrogens with two attached hydrogens (primary N) is 1. The Kier molecular flexibility index (Phi) is 4.44. The van der Waals surface area contributed by atoms with Crippen LogP contribution in [0.15, 0.2) is 22.8 Å². The molecule has 0 aliphatic carbocycles. The predicted molar refractivity (Wildman–Crippen MR) is 78.1 cm³/mol. The third-order valence-electron chi connectivity index (χ3n) is 4.26. The molecule has 120 valence electrons. The normalized spacial score (nSPS) is 25.5. The van der Waals surface area contributed by atoms with Crippen molar-refractivity contribution in [2.24, 2.45) is 5.73 Å². The molecule has 0 aromatic carbocycles. The fraction of sp³-hybridized carbons (Fsp3) is 0.600. The van der Waals surface area contributed by atoms with Crippen LogP contribution in [0.4, 0.5) is 0 Å². The van der Waals surface area contributed by atoms with Crippen LogP contribution in [0, 0.1) is 0 Å². The summed E-state index contributed by atoms with van der Waals surface area (Å²) in [5.74, 6) is 0.225. The first-order valence-corrected chi connectivity index (χ1v) is 7.66. The van der Waals surface area contributed by atoms with E-state index in [1.807, 2.05) is 0 Å². The van der Waals surface area contributed by atoms with Crippen molar-refractivity contribution in [2.75, 3.05) is 32.7 Å². The summed E-state index contributed by atoms with van der Waals surface area (Å²) in [5, 5.41) is 0. The zero-order chi connectivity index (χ0) is 15.5. The minimum atomic E-state index is -0.374. The van der Waals surface area contributed by atoms with Crippen molar-refractivity contribution < 1.29 is 18.7 Å². The van der Waals surface area contributed by atoms with Crippen LogP contribution in [0.5, 0.6) is 0 Å². The van der Waals surface area contributed by atoms with Gasteiger partial charge in [-0.2, -0.15) is 0 Å². The maximum absolute atomic E-state index is 12.4. The molecule has 0 bridgehead atoms. The first-order chi connectivity index (χ1) is 10.7. The molecule has 0 spiro atoms. The highest BCUT2D eigenvalue weighted by atomic mass is 16.5. The topological polar surface area (TPSA) is 89.0 Å². The molecule has 2 amide bonds. The summed E-state index contributed by atoms with van der Waals surface area (Å²) >= 11 is 0. The number of amides is 2. The Bertz CT molecular complexity index is 523. The van der Waals surface area contributed by atoms with Crippen LogP contribution in [0.3, 0.4) is 0 Å². The number of furan rings is 1. The lowest BCUT2D eigenvalue weighted by Crippen LogP contribution is -2.52. The lowest BCUT2D eigenvalue weighted by molar-refractivity contribution is -0.144. The van der Waals surface area contributed by atoms with Crippen molar-refractivity contribution in [2.45, 2.75) is 25.0 Å². The number of hydrogen-bond donors (Lipinski definition) is 1. The second-order valence-electron chi connectivity index (χ2n) is 5.65. The summed E-state index contributed by atoms with van der Waals surface area (Å²) in [5.41, 5.74) is 5.57. The zero-order valence-electron chi connectivity index (χ0n) is 12.4. The van der Waals surface area contributed by atoms with Gasteiger partial charge in [-0.3, -0.25) is 9.59 Å². The minimum absolute atomic E-state index is 0.00392. The number of ether oxygens (including phenoxy) is 1. The van der Waals surface area contributed by atoms with Gasteiger partial charge in [-0.25, -0.2) is 0 Å². The average Bonchev–Trinajstić information content (AvgIpc) is 3.25. The van der Waals surface area contributed by atoms with Gasteiger partial charge in [0.15, 0.2) is 5.76 Å². The van der Waals surface area contributed by atoms with Crippen LogP contribution < -0.4 is 5.73 Å². The molecular formula is C15H21N3O4. The van der Waals surface area contributed by atoms with E-state index in [-0.39, 0.29) is 24.0 Å². The van der Waals surface area contributed by atoms with Crippen LogP contribution in [-0.2, 0) is 9.53 Å². The zero-order valence-corrected chi connectivity index (χ0v) is 12.4. The van der Waals surface area contributed by atoms with E-state index in [0.717, 1.165) is 12.8 Å². The van der Waals surface area contributed by atoms with E-state index in [9.17, 15) is 9.59 Å².